The van der Waals surface area contributed by atoms with Crippen molar-refractivity contribution in [2.75, 3.05) is 26.1 Å². The highest BCUT2D eigenvalue weighted by atomic mass is 16.6. The van der Waals surface area contributed by atoms with Crippen molar-refractivity contribution in [2.45, 2.75) is 6.54 Å². The topological polar surface area (TPSA) is 88.6 Å². The zero-order chi connectivity index (χ0) is 15.1. The molecule has 0 spiro atoms. The number of carbonyl (C=O) groups is 1. The number of esters is 1. The van der Waals surface area contributed by atoms with Gasteiger partial charge < -0.3 is 19.9 Å². The molecule has 2 rings (SSSR count). The molecule has 0 bridgehead atoms. The van der Waals surface area contributed by atoms with E-state index in [1.54, 1.807) is 37.6 Å². The van der Waals surface area contributed by atoms with E-state index in [0.717, 1.165) is 5.75 Å². The first-order chi connectivity index (χ1) is 10.2. The third-order valence-corrected chi connectivity index (χ3v) is 2.62. The molecule has 7 heteroatoms. The molecule has 7 nitrogen and oxygen atoms in total. The number of nitrogens with zero attached hydrogens (tertiary/aromatic N) is 2. The van der Waals surface area contributed by atoms with Crippen molar-refractivity contribution in [1.82, 2.24) is 9.78 Å². The summed E-state index contributed by atoms with van der Waals surface area (Å²) in [6.07, 6.45) is 3.04. The molecule has 1 aromatic carbocycles. The van der Waals surface area contributed by atoms with Gasteiger partial charge in [-0.25, -0.2) is 0 Å². The molecule has 0 saturated heterocycles. The Morgan fingerprint density at radius 3 is 2.57 bits per heavy atom. The number of hydrogen-bond donors (Lipinski definition) is 1. The highest BCUT2D eigenvalue weighted by molar-refractivity contribution is 5.69. The molecule has 0 aliphatic carbocycles. The van der Waals surface area contributed by atoms with E-state index < -0.39 is 5.97 Å². The maximum Gasteiger partial charge on any atom is 0.327 e. The van der Waals surface area contributed by atoms with Crippen LogP contribution in [0.25, 0.3) is 0 Å². The minimum Gasteiger partial charge on any atom is -0.497 e. The van der Waals surface area contributed by atoms with Crippen LogP contribution in [0, 0.1) is 0 Å². The van der Waals surface area contributed by atoms with Crippen LogP contribution in [-0.4, -0.2) is 36.1 Å². The van der Waals surface area contributed by atoms with Crippen LogP contribution in [-0.2, 0) is 16.1 Å². The average molecular weight is 291 g/mol. The van der Waals surface area contributed by atoms with Gasteiger partial charge in [-0.05, 0) is 24.3 Å². The summed E-state index contributed by atoms with van der Waals surface area (Å²) in [5.41, 5.74) is 6.00. The molecule has 0 saturated carbocycles. The second-order valence-electron chi connectivity index (χ2n) is 4.22. The van der Waals surface area contributed by atoms with E-state index in [1.165, 1.54) is 10.9 Å². The van der Waals surface area contributed by atoms with Gasteiger partial charge in [-0.2, -0.15) is 5.10 Å². The summed E-state index contributed by atoms with van der Waals surface area (Å²) in [6, 6.07) is 7.16. The van der Waals surface area contributed by atoms with Crippen molar-refractivity contribution in [2.24, 2.45) is 0 Å². The molecule has 0 fully saturated rings. The van der Waals surface area contributed by atoms with Gasteiger partial charge in [-0.3, -0.25) is 9.48 Å². The van der Waals surface area contributed by atoms with E-state index in [0.29, 0.717) is 11.4 Å². The highest BCUT2D eigenvalue weighted by Gasteiger charge is 2.05. The molecule has 1 heterocycles. The number of benzene rings is 1. The Morgan fingerprint density at radius 2 is 1.95 bits per heavy atom. The van der Waals surface area contributed by atoms with E-state index in [1.807, 2.05) is 0 Å². The molecule has 112 valence electrons. The molecular formula is C14H17N3O4. The molecule has 0 radical (unpaired) electrons. The third kappa shape index (κ3) is 4.72. The Labute approximate surface area is 122 Å². The molecule has 2 aromatic rings. The van der Waals surface area contributed by atoms with Gasteiger partial charge in [0, 0.05) is 6.20 Å². The maximum atomic E-state index is 11.5. The van der Waals surface area contributed by atoms with Gasteiger partial charge in [0.2, 0.25) is 0 Å². The Hall–Kier alpha value is -2.70. The van der Waals surface area contributed by atoms with Crippen LogP contribution in [0.1, 0.15) is 0 Å². The predicted octanol–water partition coefficient (Wildman–Crippen LogP) is 1.10. The predicted molar refractivity (Wildman–Crippen MR) is 76.1 cm³/mol. The monoisotopic (exact) mass is 291 g/mol. The summed E-state index contributed by atoms with van der Waals surface area (Å²) >= 11 is 0. The van der Waals surface area contributed by atoms with Crippen LogP contribution in [0.5, 0.6) is 11.5 Å². The van der Waals surface area contributed by atoms with E-state index in [-0.39, 0.29) is 19.8 Å². The van der Waals surface area contributed by atoms with Gasteiger partial charge in [-0.15, -0.1) is 0 Å². The lowest BCUT2D eigenvalue weighted by Crippen LogP contribution is -2.17. The number of hydrogen-bond acceptors (Lipinski definition) is 6. The molecule has 0 amide bonds. The van der Waals surface area contributed by atoms with Crippen LogP contribution in [0.15, 0.2) is 36.7 Å². The summed E-state index contributed by atoms with van der Waals surface area (Å²) in [6.45, 7) is 0.473. The molecule has 0 unspecified atom stereocenters. The van der Waals surface area contributed by atoms with Gasteiger partial charge >= 0.3 is 5.97 Å². The number of anilines is 1. The van der Waals surface area contributed by atoms with Gasteiger partial charge in [0.1, 0.15) is 31.3 Å². The lowest BCUT2D eigenvalue weighted by molar-refractivity contribution is -0.145. The van der Waals surface area contributed by atoms with Crippen molar-refractivity contribution in [3.63, 3.8) is 0 Å². The van der Waals surface area contributed by atoms with E-state index in [9.17, 15) is 4.79 Å². The first-order valence-electron chi connectivity index (χ1n) is 6.38. The number of carbonyl (C=O) groups excluding carboxylic acids is 1. The molecule has 0 atom stereocenters. The van der Waals surface area contributed by atoms with Crippen molar-refractivity contribution < 1.29 is 19.0 Å². The normalized spacial score (nSPS) is 10.1. The maximum absolute atomic E-state index is 11.5. The minimum absolute atomic E-state index is 0.0275. The van der Waals surface area contributed by atoms with Crippen LogP contribution < -0.4 is 15.2 Å². The highest BCUT2D eigenvalue weighted by Crippen LogP contribution is 2.16. The summed E-state index contributed by atoms with van der Waals surface area (Å²) in [5.74, 6) is 1.05. The number of methoxy groups -OCH3 is 1. The largest absolute Gasteiger partial charge is 0.497 e. The first kappa shape index (κ1) is 14.7. The SMILES string of the molecule is COc1ccc(OCCOC(=O)Cn2cc(N)cn2)cc1. The zero-order valence-corrected chi connectivity index (χ0v) is 11.7. The van der Waals surface area contributed by atoms with Gasteiger partial charge in [-0.1, -0.05) is 0 Å². The molecule has 0 aliphatic rings. The molecule has 0 aliphatic heterocycles. The second kappa shape index (κ2) is 7.18. The van der Waals surface area contributed by atoms with E-state index in [4.69, 9.17) is 19.9 Å². The van der Waals surface area contributed by atoms with Crippen molar-refractivity contribution in [3.8, 4) is 11.5 Å². The number of nitrogens with two attached hydrogens (primary N) is 1. The minimum atomic E-state index is -0.392. The average Bonchev–Trinajstić information content (AvgIpc) is 2.89. The quantitative estimate of drug-likeness (QED) is 0.607. The Morgan fingerprint density at radius 1 is 1.24 bits per heavy atom. The summed E-state index contributed by atoms with van der Waals surface area (Å²) in [5, 5.41) is 3.90. The van der Waals surface area contributed by atoms with Crippen LogP contribution in [0.3, 0.4) is 0 Å². The van der Waals surface area contributed by atoms with Gasteiger partial charge in [0.15, 0.2) is 0 Å². The van der Waals surface area contributed by atoms with Crippen LogP contribution >= 0.6 is 0 Å². The fraction of sp³-hybridized carbons (Fsp3) is 0.286. The molecule has 1 aromatic heterocycles. The van der Waals surface area contributed by atoms with Crippen molar-refractivity contribution in [1.29, 1.82) is 0 Å². The van der Waals surface area contributed by atoms with E-state index >= 15 is 0 Å². The number of nitrogen functional groups attached to an aromatic ring is 1. The van der Waals surface area contributed by atoms with Crippen LogP contribution in [0.2, 0.25) is 0 Å². The molecular weight excluding hydrogens is 274 g/mol. The molecule has 21 heavy (non-hydrogen) atoms. The summed E-state index contributed by atoms with van der Waals surface area (Å²) in [7, 11) is 1.60. The number of rotatable bonds is 7. The Bertz CT molecular complexity index is 580. The Balaban J connectivity index is 1.65. The first-order valence-corrected chi connectivity index (χ1v) is 6.38. The Kier molecular flexibility index (Phi) is 5.03. The lowest BCUT2D eigenvalue weighted by atomic mass is 10.3. The van der Waals surface area contributed by atoms with Gasteiger partial charge in [0.05, 0.1) is 19.0 Å². The van der Waals surface area contributed by atoms with Crippen LogP contribution in [0.4, 0.5) is 5.69 Å². The smallest absolute Gasteiger partial charge is 0.327 e. The standard InChI is InChI=1S/C14H17N3O4/c1-19-12-2-4-13(5-3-12)20-6-7-21-14(18)10-17-9-11(15)8-16-17/h2-5,8-9H,6-7,10,15H2,1H3. The fourth-order valence-corrected chi connectivity index (χ4v) is 1.63. The second-order valence-corrected chi connectivity index (χ2v) is 4.22. The third-order valence-electron chi connectivity index (χ3n) is 2.62. The van der Waals surface area contributed by atoms with E-state index in [2.05, 4.69) is 5.10 Å². The lowest BCUT2D eigenvalue weighted by Gasteiger charge is -2.08. The number of ether oxygens (including phenoxy) is 3. The van der Waals surface area contributed by atoms with Crippen molar-refractivity contribution >= 4 is 11.7 Å². The number of aromatic nitrogens is 2. The fourth-order valence-electron chi connectivity index (χ4n) is 1.63. The summed E-state index contributed by atoms with van der Waals surface area (Å²) in [4.78, 5) is 11.5. The summed E-state index contributed by atoms with van der Waals surface area (Å²) < 4.78 is 16.9. The van der Waals surface area contributed by atoms with Gasteiger partial charge in [0.25, 0.3) is 0 Å². The molecule has 2 N–H and O–H groups in total. The van der Waals surface area contributed by atoms with Crippen molar-refractivity contribution in [3.05, 3.63) is 36.7 Å². The zero-order valence-electron chi connectivity index (χ0n) is 11.7.